The maximum absolute atomic E-state index is 12.9. The zero-order valence-corrected chi connectivity index (χ0v) is 15.6. The fourth-order valence-electron chi connectivity index (χ4n) is 2.95. The lowest BCUT2D eigenvalue weighted by molar-refractivity contribution is 0.100. The summed E-state index contributed by atoms with van der Waals surface area (Å²) in [7, 11) is -1.31. The summed E-state index contributed by atoms with van der Waals surface area (Å²) in [4.78, 5) is 13.4. The van der Waals surface area contributed by atoms with E-state index in [2.05, 4.69) is 4.36 Å². The van der Waals surface area contributed by atoms with Crippen molar-refractivity contribution in [2.24, 2.45) is 4.36 Å². The van der Waals surface area contributed by atoms with Gasteiger partial charge in [0.1, 0.15) is 11.5 Å². The standard InChI is InChI=1S/C19H21NO4S/c1-19(2)12-24-16-11-13(23-3)10-15(17(16)19)18(21)20-25(4,22)14-8-6-5-7-9-14/h5-11H,12H2,1-4H3. The van der Waals surface area contributed by atoms with E-state index < -0.39 is 15.6 Å². The molecule has 0 aliphatic carbocycles. The summed E-state index contributed by atoms with van der Waals surface area (Å²) in [5, 5.41) is 0. The molecule has 0 N–H and O–H groups in total. The first-order valence-electron chi connectivity index (χ1n) is 7.91. The van der Waals surface area contributed by atoms with Crippen molar-refractivity contribution in [2.45, 2.75) is 24.2 Å². The van der Waals surface area contributed by atoms with E-state index in [-0.39, 0.29) is 5.41 Å². The first-order chi connectivity index (χ1) is 11.7. The second kappa shape index (κ2) is 6.19. The smallest absolute Gasteiger partial charge is 0.285 e. The Morgan fingerprint density at radius 3 is 2.56 bits per heavy atom. The third-order valence-electron chi connectivity index (χ3n) is 4.24. The molecule has 0 bridgehead atoms. The number of carbonyl (C=O) groups is 1. The van der Waals surface area contributed by atoms with Gasteiger partial charge in [-0.05, 0) is 18.2 Å². The van der Waals surface area contributed by atoms with Gasteiger partial charge in [0.15, 0.2) is 0 Å². The largest absolute Gasteiger partial charge is 0.497 e. The summed E-state index contributed by atoms with van der Waals surface area (Å²) in [5.41, 5.74) is 0.830. The van der Waals surface area contributed by atoms with Crippen LogP contribution in [0.3, 0.4) is 0 Å². The molecule has 1 heterocycles. The summed E-state index contributed by atoms with van der Waals surface area (Å²) in [6.45, 7) is 4.47. The quantitative estimate of drug-likeness (QED) is 0.839. The number of ether oxygens (including phenoxy) is 2. The second-order valence-corrected chi connectivity index (χ2v) is 8.99. The van der Waals surface area contributed by atoms with Gasteiger partial charge in [-0.3, -0.25) is 4.79 Å². The molecule has 6 heteroatoms. The van der Waals surface area contributed by atoms with Crippen molar-refractivity contribution in [3.8, 4) is 11.5 Å². The number of hydrogen-bond donors (Lipinski definition) is 0. The highest BCUT2D eigenvalue weighted by Gasteiger charge is 2.37. The monoisotopic (exact) mass is 359 g/mol. The van der Waals surface area contributed by atoms with E-state index in [0.29, 0.717) is 28.6 Å². The number of fused-ring (bicyclic) bond motifs is 1. The van der Waals surface area contributed by atoms with Crippen LogP contribution < -0.4 is 9.47 Å². The molecule has 2 aromatic rings. The first kappa shape index (κ1) is 17.5. The van der Waals surface area contributed by atoms with Crippen molar-refractivity contribution in [1.82, 2.24) is 0 Å². The van der Waals surface area contributed by atoms with Gasteiger partial charge >= 0.3 is 0 Å². The molecule has 0 aromatic heterocycles. The number of nitrogens with zero attached hydrogens (tertiary/aromatic N) is 1. The van der Waals surface area contributed by atoms with Crippen molar-refractivity contribution < 1.29 is 18.5 Å². The summed E-state index contributed by atoms with van der Waals surface area (Å²) >= 11 is 0. The average Bonchev–Trinajstić information content (AvgIpc) is 2.89. The van der Waals surface area contributed by atoms with Crippen LogP contribution in [-0.2, 0) is 15.1 Å². The maximum Gasteiger partial charge on any atom is 0.285 e. The van der Waals surface area contributed by atoms with E-state index >= 15 is 0 Å². The highest BCUT2D eigenvalue weighted by atomic mass is 32.2. The number of methoxy groups -OCH3 is 1. The molecule has 25 heavy (non-hydrogen) atoms. The molecule has 1 aliphatic rings. The van der Waals surface area contributed by atoms with E-state index in [1.54, 1.807) is 36.4 Å². The number of benzene rings is 2. The van der Waals surface area contributed by atoms with Crippen LogP contribution >= 0.6 is 0 Å². The fraction of sp³-hybridized carbons (Fsp3) is 0.316. The summed E-state index contributed by atoms with van der Waals surface area (Å²) < 4.78 is 28.0. The van der Waals surface area contributed by atoms with Crippen LogP contribution in [0.4, 0.5) is 0 Å². The highest BCUT2D eigenvalue weighted by Crippen LogP contribution is 2.43. The molecule has 132 valence electrons. The normalized spacial score (nSPS) is 17.1. The lowest BCUT2D eigenvalue weighted by atomic mass is 9.83. The van der Waals surface area contributed by atoms with Gasteiger partial charge in [-0.1, -0.05) is 32.0 Å². The van der Waals surface area contributed by atoms with E-state index in [1.165, 1.54) is 13.4 Å². The van der Waals surface area contributed by atoms with Gasteiger partial charge in [0, 0.05) is 28.2 Å². The molecule has 0 fully saturated rings. The van der Waals surface area contributed by atoms with Crippen LogP contribution in [-0.4, -0.2) is 30.1 Å². The molecule has 1 aliphatic heterocycles. The molecule has 2 aromatic carbocycles. The van der Waals surface area contributed by atoms with Crippen molar-refractivity contribution in [3.05, 3.63) is 53.6 Å². The van der Waals surface area contributed by atoms with Crippen LogP contribution in [0.25, 0.3) is 0 Å². The molecular formula is C19H21NO4S. The van der Waals surface area contributed by atoms with Crippen LogP contribution in [0, 0.1) is 0 Å². The van der Waals surface area contributed by atoms with Crippen LogP contribution in [0.1, 0.15) is 29.8 Å². The third-order valence-corrected chi connectivity index (χ3v) is 5.91. The van der Waals surface area contributed by atoms with E-state index in [1.807, 2.05) is 19.9 Å². The molecule has 1 atom stereocenters. The lowest BCUT2D eigenvalue weighted by Gasteiger charge is -2.18. The molecule has 0 radical (unpaired) electrons. The van der Waals surface area contributed by atoms with E-state index in [4.69, 9.17) is 9.47 Å². The van der Waals surface area contributed by atoms with Gasteiger partial charge in [0.05, 0.1) is 29.0 Å². The molecule has 0 saturated heterocycles. The summed E-state index contributed by atoms with van der Waals surface area (Å²) in [5.74, 6) is 0.604. The number of amides is 1. The number of rotatable bonds is 3. The molecular weight excluding hydrogens is 338 g/mol. The van der Waals surface area contributed by atoms with Gasteiger partial charge in [0.2, 0.25) is 0 Å². The van der Waals surface area contributed by atoms with Gasteiger partial charge in [-0.25, -0.2) is 4.21 Å². The Bertz CT molecular complexity index is 941. The number of carbonyl (C=O) groups excluding carboxylic acids is 1. The Hall–Kier alpha value is -2.34. The van der Waals surface area contributed by atoms with Crippen LogP contribution in [0.2, 0.25) is 0 Å². The lowest BCUT2D eigenvalue weighted by Crippen LogP contribution is -2.21. The minimum Gasteiger partial charge on any atom is -0.497 e. The van der Waals surface area contributed by atoms with Crippen molar-refractivity contribution in [1.29, 1.82) is 0 Å². The molecule has 1 unspecified atom stereocenters. The molecule has 1 amide bonds. The summed E-state index contributed by atoms with van der Waals surface area (Å²) in [6, 6.07) is 12.2. The zero-order chi connectivity index (χ0) is 18.2. The van der Waals surface area contributed by atoms with Crippen molar-refractivity contribution >= 4 is 15.6 Å². The molecule has 5 nitrogen and oxygen atoms in total. The minimum atomic E-state index is -2.84. The Labute approximate surface area is 148 Å². The SMILES string of the molecule is COc1cc2c(c(C(=O)N=S(C)(=O)c3ccccc3)c1)C(C)(C)CO2. The highest BCUT2D eigenvalue weighted by molar-refractivity contribution is 7.93. The molecule has 0 saturated carbocycles. The van der Waals surface area contributed by atoms with Gasteiger partial charge in [-0.2, -0.15) is 4.36 Å². The Morgan fingerprint density at radius 2 is 1.92 bits per heavy atom. The second-order valence-electron chi connectivity index (χ2n) is 6.73. The molecule has 0 spiro atoms. The summed E-state index contributed by atoms with van der Waals surface area (Å²) in [6.07, 6.45) is 1.47. The predicted octanol–water partition coefficient (Wildman–Crippen LogP) is 3.66. The average molecular weight is 359 g/mol. The van der Waals surface area contributed by atoms with Gasteiger partial charge in [-0.15, -0.1) is 0 Å². The van der Waals surface area contributed by atoms with Crippen LogP contribution in [0.5, 0.6) is 11.5 Å². The maximum atomic E-state index is 12.9. The Kier molecular flexibility index (Phi) is 4.33. The third kappa shape index (κ3) is 3.26. The van der Waals surface area contributed by atoms with Crippen molar-refractivity contribution in [3.63, 3.8) is 0 Å². The number of hydrogen-bond acceptors (Lipinski definition) is 4. The Balaban J connectivity index is 2.14. The Morgan fingerprint density at radius 1 is 1.24 bits per heavy atom. The topological polar surface area (TPSA) is 65.0 Å². The van der Waals surface area contributed by atoms with E-state index in [0.717, 1.165) is 5.56 Å². The van der Waals surface area contributed by atoms with E-state index in [9.17, 15) is 9.00 Å². The minimum absolute atomic E-state index is 0.330. The first-order valence-corrected chi connectivity index (χ1v) is 9.84. The fourth-order valence-corrected chi connectivity index (χ4v) is 4.13. The van der Waals surface area contributed by atoms with Gasteiger partial charge in [0.25, 0.3) is 5.91 Å². The zero-order valence-electron chi connectivity index (χ0n) is 14.7. The molecule has 3 rings (SSSR count). The van der Waals surface area contributed by atoms with Crippen molar-refractivity contribution in [2.75, 3.05) is 20.0 Å². The van der Waals surface area contributed by atoms with Crippen LogP contribution in [0.15, 0.2) is 51.7 Å². The van der Waals surface area contributed by atoms with Gasteiger partial charge < -0.3 is 9.47 Å². The predicted molar refractivity (Wildman–Crippen MR) is 97.0 cm³/mol.